The van der Waals surface area contributed by atoms with Crippen molar-refractivity contribution in [3.63, 3.8) is 0 Å². The number of hydrogen-bond donors (Lipinski definition) is 0. The highest BCUT2D eigenvalue weighted by Gasteiger charge is 2.28. The van der Waals surface area contributed by atoms with E-state index < -0.39 is 0 Å². The zero-order valence-corrected chi connectivity index (χ0v) is 13.5. The lowest BCUT2D eigenvalue weighted by Gasteiger charge is -2.33. The van der Waals surface area contributed by atoms with Crippen LogP contribution in [0.3, 0.4) is 0 Å². The number of piperazine rings is 1. The summed E-state index contributed by atoms with van der Waals surface area (Å²) >= 11 is 6.28. The van der Waals surface area contributed by atoms with Crippen molar-refractivity contribution in [3.05, 3.63) is 35.1 Å². The lowest BCUT2D eigenvalue weighted by Crippen LogP contribution is -2.50. The zero-order chi connectivity index (χ0) is 16.4. The molecule has 3 rings (SSSR count). The Morgan fingerprint density at radius 3 is 2.57 bits per heavy atom. The van der Waals surface area contributed by atoms with Gasteiger partial charge in [-0.15, -0.1) is 0 Å². The standard InChI is InChI=1S/C15H17ClN4O3/c1-2-23-15(22)19-9-7-18(8-10-19)14(21)13-12(16)11-5-3-4-6-20(11)17-13/h3-6H,2,7-10H2,1H3. The molecule has 1 aliphatic heterocycles. The number of aromatic nitrogens is 2. The molecule has 0 aliphatic carbocycles. The minimum atomic E-state index is -0.342. The minimum absolute atomic E-state index is 0.220. The summed E-state index contributed by atoms with van der Waals surface area (Å²) in [7, 11) is 0. The van der Waals surface area contributed by atoms with E-state index in [2.05, 4.69) is 5.10 Å². The van der Waals surface area contributed by atoms with Gasteiger partial charge in [0, 0.05) is 32.4 Å². The minimum Gasteiger partial charge on any atom is -0.450 e. The van der Waals surface area contributed by atoms with Crippen LogP contribution in [0.2, 0.25) is 5.02 Å². The van der Waals surface area contributed by atoms with Gasteiger partial charge < -0.3 is 14.5 Å². The molecular weight excluding hydrogens is 320 g/mol. The topological polar surface area (TPSA) is 67.2 Å². The van der Waals surface area contributed by atoms with Crippen LogP contribution in [-0.4, -0.2) is 64.2 Å². The van der Waals surface area contributed by atoms with Crippen molar-refractivity contribution in [2.45, 2.75) is 6.92 Å². The maximum atomic E-state index is 12.6. The van der Waals surface area contributed by atoms with Gasteiger partial charge in [0.15, 0.2) is 5.69 Å². The second-order valence-electron chi connectivity index (χ2n) is 5.17. The molecule has 0 unspecified atom stereocenters. The Labute approximate surface area is 138 Å². The number of carbonyl (C=O) groups excluding carboxylic acids is 2. The van der Waals surface area contributed by atoms with Crippen molar-refractivity contribution < 1.29 is 14.3 Å². The summed E-state index contributed by atoms with van der Waals surface area (Å²) in [5, 5.41) is 4.61. The smallest absolute Gasteiger partial charge is 0.409 e. The second kappa shape index (κ2) is 6.45. The maximum Gasteiger partial charge on any atom is 0.409 e. The summed E-state index contributed by atoms with van der Waals surface area (Å²) in [6.07, 6.45) is 1.40. The SMILES string of the molecule is CCOC(=O)N1CCN(C(=O)c2nn3ccccc3c2Cl)CC1. The molecule has 0 radical (unpaired) electrons. The molecule has 7 nitrogen and oxygen atoms in total. The monoisotopic (exact) mass is 336 g/mol. The van der Waals surface area contributed by atoms with Gasteiger partial charge in [-0.1, -0.05) is 17.7 Å². The van der Waals surface area contributed by atoms with Crippen LogP contribution in [0.5, 0.6) is 0 Å². The fourth-order valence-electron chi connectivity index (χ4n) is 2.56. The van der Waals surface area contributed by atoms with Crippen LogP contribution in [0.1, 0.15) is 17.4 Å². The summed E-state index contributed by atoms with van der Waals surface area (Å²) < 4.78 is 6.56. The second-order valence-corrected chi connectivity index (χ2v) is 5.55. The van der Waals surface area contributed by atoms with Crippen LogP contribution in [0.25, 0.3) is 5.52 Å². The summed E-state index contributed by atoms with van der Waals surface area (Å²) in [5.74, 6) is -0.220. The molecule has 122 valence electrons. The van der Waals surface area contributed by atoms with E-state index in [1.54, 1.807) is 27.4 Å². The van der Waals surface area contributed by atoms with E-state index in [1.165, 1.54) is 0 Å². The van der Waals surface area contributed by atoms with E-state index in [4.69, 9.17) is 16.3 Å². The van der Waals surface area contributed by atoms with Gasteiger partial charge >= 0.3 is 6.09 Å². The molecule has 23 heavy (non-hydrogen) atoms. The molecule has 0 bridgehead atoms. The first-order chi connectivity index (χ1) is 11.1. The lowest BCUT2D eigenvalue weighted by molar-refractivity contribution is 0.0566. The molecule has 8 heteroatoms. The van der Waals surface area contributed by atoms with Crippen LogP contribution in [0, 0.1) is 0 Å². The average molecular weight is 337 g/mol. The molecule has 0 saturated carbocycles. The highest BCUT2D eigenvalue weighted by Crippen LogP contribution is 2.23. The molecule has 3 heterocycles. The van der Waals surface area contributed by atoms with Crippen LogP contribution in [0.15, 0.2) is 24.4 Å². The summed E-state index contributed by atoms with van der Waals surface area (Å²) in [4.78, 5) is 27.6. The van der Waals surface area contributed by atoms with Gasteiger partial charge in [-0.2, -0.15) is 5.10 Å². The molecule has 1 saturated heterocycles. The Bertz CT molecular complexity index is 737. The molecule has 2 aromatic rings. The number of amides is 2. The van der Waals surface area contributed by atoms with Crippen LogP contribution in [-0.2, 0) is 4.74 Å². The Hall–Kier alpha value is -2.28. The zero-order valence-electron chi connectivity index (χ0n) is 12.7. The van der Waals surface area contributed by atoms with Crippen molar-refractivity contribution in [1.82, 2.24) is 19.4 Å². The predicted octanol–water partition coefficient (Wildman–Crippen LogP) is 1.90. The molecular formula is C15H17ClN4O3. The summed E-state index contributed by atoms with van der Waals surface area (Å²) in [6.45, 7) is 3.85. The molecule has 2 amide bonds. The van der Waals surface area contributed by atoms with E-state index in [0.29, 0.717) is 43.3 Å². The van der Waals surface area contributed by atoms with Gasteiger partial charge in [-0.3, -0.25) is 4.79 Å². The highest BCUT2D eigenvalue weighted by molar-refractivity contribution is 6.36. The van der Waals surface area contributed by atoms with E-state index >= 15 is 0 Å². The number of rotatable bonds is 2. The molecule has 0 aromatic carbocycles. The van der Waals surface area contributed by atoms with Gasteiger partial charge in [-0.05, 0) is 19.1 Å². The van der Waals surface area contributed by atoms with Crippen molar-refractivity contribution in [1.29, 1.82) is 0 Å². The number of ether oxygens (including phenoxy) is 1. The van der Waals surface area contributed by atoms with Crippen LogP contribution >= 0.6 is 11.6 Å². The molecule has 2 aromatic heterocycles. The number of hydrogen-bond acceptors (Lipinski definition) is 4. The Balaban J connectivity index is 1.72. The third kappa shape index (κ3) is 2.96. The molecule has 0 N–H and O–H groups in total. The van der Waals surface area contributed by atoms with E-state index in [0.717, 1.165) is 0 Å². The van der Waals surface area contributed by atoms with Gasteiger partial charge in [0.25, 0.3) is 5.91 Å². The quantitative estimate of drug-likeness (QED) is 0.840. The van der Waals surface area contributed by atoms with Crippen molar-refractivity contribution in [3.8, 4) is 0 Å². The maximum absolute atomic E-state index is 12.6. The molecule has 1 fully saturated rings. The molecule has 1 aliphatic rings. The first-order valence-electron chi connectivity index (χ1n) is 7.45. The largest absolute Gasteiger partial charge is 0.450 e. The van der Waals surface area contributed by atoms with Gasteiger partial charge in [0.05, 0.1) is 17.1 Å². The Kier molecular flexibility index (Phi) is 4.38. The highest BCUT2D eigenvalue weighted by atomic mass is 35.5. The molecule has 0 spiro atoms. The van der Waals surface area contributed by atoms with Crippen molar-refractivity contribution in [2.75, 3.05) is 32.8 Å². The number of pyridine rings is 1. The van der Waals surface area contributed by atoms with E-state index in [9.17, 15) is 9.59 Å². The van der Waals surface area contributed by atoms with Crippen molar-refractivity contribution >= 4 is 29.1 Å². The summed E-state index contributed by atoms with van der Waals surface area (Å²) in [5.41, 5.74) is 0.935. The molecule has 0 atom stereocenters. The van der Waals surface area contributed by atoms with Gasteiger partial charge in [0.2, 0.25) is 0 Å². The van der Waals surface area contributed by atoms with E-state index in [1.807, 2.05) is 18.2 Å². The number of carbonyl (C=O) groups is 2. The third-order valence-electron chi connectivity index (χ3n) is 3.78. The van der Waals surface area contributed by atoms with Gasteiger partial charge in [0.1, 0.15) is 0 Å². The average Bonchev–Trinajstić information content (AvgIpc) is 2.92. The van der Waals surface area contributed by atoms with Gasteiger partial charge in [-0.25, -0.2) is 9.31 Å². The predicted molar refractivity (Wildman–Crippen MR) is 84.7 cm³/mol. The first kappa shape index (κ1) is 15.6. The number of fused-ring (bicyclic) bond motifs is 1. The first-order valence-corrected chi connectivity index (χ1v) is 7.83. The Morgan fingerprint density at radius 2 is 1.91 bits per heavy atom. The third-order valence-corrected chi connectivity index (χ3v) is 4.15. The lowest BCUT2D eigenvalue weighted by atomic mass is 10.2. The van der Waals surface area contributed by atoms with E-state index in [-0.39, 0.29) is 17.7 Å². The van der Waals surface area contributed by atoms with Crippen LogP contribution < -0.4 is 0 Å². The van der Waals surface area contributed by atoms with Crippen molar-refractivity contribution in [2.24, 2.45) is 0 Å². The fourth-order valence-corrected chi connectivity index (χ4v) is 2.83. The normalized spacial score (nSPS) is 15.0. The van der Waals surface area contributed by atoms with Crippen LogP contribution in [0.4, 0.5) is 4.79 Å². The Morgan fingerprint density at radius 1 is 1.22 bits per heavy atom. The number of halogens is 1. The number of nitrogens with zero attached hydrogens (tertiary/aromatic N) is 4. The summed E-state index contributed by atoms with van der Waals surface area (Å²) in [6, 6.07) is 5.47. The fraction of sp³-hybridized carbons (Fsp3) is 0.400.